The summed E-state index contributed by atoms with van der Waals surface area (Å²) in [5, 5.41) is 9.07. The Hall–Kier alpha value is -2.35. The minimum atomic E-state index is -0.907. The quantitative estimate of drug-likeness (QED) is 0.732. The van der Waals surface area contributed by atoms with Gasteiger partial charge in [0.25, 0.3) is 0 Å². The van der Waals surface area contributed by atoms with Crippen LogP contribution in [0.25, 0.3) is 5.57 Å². The molecule has 1 aromatic rings. The predicted octanol–water partition coefficient (Wildman–Crippen LogP) is 6.04. The zero-order valence-electron chi connectivity index (χ0n) is 15.7. The van der Waals surface area contributed by atoms with Crippen molar-refractivity contribution >= 4 is 11.5 Å². The zero-order valence-corrected chi connectivity index (χ0v) is 15.7. The van der Waals surface area contributed by atoms with Crippen molar-refractivity contribution < 1.29 is 9.90 Å². The first-order valence-electron chi connectivity index (χ1n) is 8.71. The fourth-order valence-corrected chi connectivity index (χ4v) is 4.38. The van der Waals surface area contributed by atoms with E-state index < -0.39 is 5.97 Å². The highest BCUT2D eigenvalue weighted by molar-refractivity contribution is 5.90. The summed E-state index contributed by atoms with van der Waals surface area (Å²) in [6, 6.07) is 6.96. The van der Waals surface area contributed by atoms with Crippen molar-refractivity contribution in [1.82, 2.24) is 0 Å². The standard InChI is InChI=1S/C23H26O2/c1-14(16-7-9-17(10-8-16)21(24)25)18-11-20-19(15(18)2)12-22(3,4)13-23(20,5)6/h7-12H,1,13H2,2-6H3,(H,24,25). The first-order valence-corrected chi connectivity index (χ1v) is 8.71. The highest BCUT2D eigenvalue weighted by Gasteiger charge is 2.40. The van der Waals surface area contributed by atoms with E-state index in [1.807, 2.05) is 12.1 Å². The molecule has 1 N–H and O–H groups in total. The van der Waals surface area contributed by atoms with Gasteiger partial charge in [-0.2, -0.15) is 0 Å². The van der Waals surface area contributed by atoms with Crippen LogP contribution in [0, 0.1) is 10.8 Å². The lowest BCUT2D eigenvalue weighted by molar-refractivity contribution is 0.0697. The summed E-state index contributed by atoms with van der Waals surface area (Å²) in [4.78, 5) is 11.0. The van der Waals surface area contributed by atoms with Gasteiger partial charge in [-0.05, 0) is 75.8 Å². The third-order valence-electron chi connectivity index (χ3n) is 5.35. The molecular weight excluding hydrogens is 308 g/mol. The molecule has 0 aliphatic heterocycles. The molecule has 0 heterocycles. The Bertz CT molecular complexity index is 856. The molecule has 0 unspecified atom stereocenters. The first-order chi connectivity index (χ1) is 11.5. The molecule has 2 nitrogen and oxygen atoms in total. The van der Waals surface area contributed by atoms with Gasteiger partial charge in [0.2, 0.25) is 0 Å². The fraction of sp³-hybridized carbons (Fsp3) is 0.348. The Labute approximate surface area is 150 Å². The SMILES string of the molecule is C=C(C1=C(C)C2=CC(C)(C)CC(C)(C)C2=C1)c1ccc(C(=O)O)cc1. The fourth-order valence-electron chi connectivity index (χ4n) is 4.38. The summed E-state index contributed by atoms with van der Waals surface area (Å²) in [5.41, 5.74) is 7.69. The Balaban J connectivity index is 2.03. The number of hydrogen-bond donors (Lipinski definition) is 1. The predicted molar refractivity (Wildman–Crippen MR) is 103 cm³/mol. The van der Waals surface area contributed by atoms with Crippen LogP contribution in [0.4, 0.5) is 0 Å². The van der Waals surface area contributed by atoms with Crippen molar-refractivity contribution in [3.63, 3.8) is 0 Å². The molecule has 0 fully saturated rings. The number of allylic oxidation sites excluding steroid dienone is 7. The van der Waals surface area contributed by atoms with Crippen LogP contribution in [-0.4, -0.2) is 11.1 Å². The summed E-state index contributed by atoms with van der Waals surface area (Å²) in [7, 11) is 0. The monoisotopic (exact) mass is 334 g/mol. The van der Waals surface area contributed by atoms with Crippen LogP contribution < -0.4 is 0 Å². The number of carbonyl (C=O) groups is 1. The van der Waals surface area contributed by atoms with E-state index in [9.17, 15) is 4.79 Å². The van der Waals surface area contributed by atoms with E-state index >= 15 is 0 Å². The van der Waals surface area contributed by atoms with Gasteiger partial charge in [0, 0.05) is 0 Å². The molecule has 0 atom stereocenters. The summed E-state index contributed by atoms with van der Waals surface area (Å²) >= 11 is 0. The number of fused-ring (bicyclic) bond motifs is 1. The maximum atomic E-state index is 11.0. The van der Waals surface area contributed by atoms with E-state index in [1.165, 1.54) is 16.7 Å². The molecule has 2 heteroatoms. The molecule has 0 bridgehead atoms. The Morgan fingerprint density at radius 1 is 1.08 bits per heavy atom. The van der Waals surface area contributed by atoms with Gasteiger partial charge in [-0.15, -0.1) is 0 Å². The maximum Gasteiger partial charge on any atom is 0.335 e. The highest BCUT2D eigenvalue weighted by Crippen LogP contribution is 2.54. The van der Waals surface area contributed by atoms with Crippen molar-refractivity contribution in [3.05, 3.63) is 76.4 Å². The summed E-state index contributed by atoms with van der Waals surface area (Å²) in [5.74, 6) is -0.907. The van der Waals surface area contributed by atoms with Crippen LogP contribution in [0.5, 0.6) is 0 Å². The van der Waals surface area contributed by atoms with Gasteiger partial charge in [0.1, 0.15) is 0 Å². The molecule has 2 aliphatic carbocycles. The second kappa shape index (κ2) is 5.59. The van der Waals surface area contributed by atoms with Crippen LogP contribution in [0.2, 0.25) is 0 Å². The molecule has 0 radical (unpaired) electrons. The van der Waals surface area contributed by atoms with Crippen molar-refractivity contribution in [2.24, 2.45) is 10.8 Å². The second-order valence-corrected chi connectivity index (χ2v) is 8.56. The summed E-state index contributed by atoms with van der Waals surface area (Å²) in [6.07, 6.45) is 5.80. The van der Waals surface area contributed by atoms with E-state index in [1.54, 1.807) is 12.1 Å². The van der Waals surface area contributed by atoms with Gasteiger partial charge < -0.3 is 5.11 Å². The van der Waals surface area contributed by atoms with E-state index in [0.29, 0.717) is 5.56 Å². The van der Waals surface area contributed by atoms with E-state index in [0.717, 1.165) is 23.1 Å². The molecule has 2 aliphatic rings. The van der Waals surface area contributed by atoms with E-state index in [4.69, 9.17) is 5.11 Å². The number of rotatable bonds is 3. The van der Waals surface area contributed by atoms with Crippen molar-refractivity contribution in [1.29, 1.82) is 0 Å². The second-order valence-electron chi connectivity index (χ2n) is 8.56. The number of aromatic carboxylic acids is 1. The minimum Gasteiger partial charge on any atom is -0.478 e. The molecule has 25 heavy (non-hydrogen) atoms. The Morgan fingerprint density at radius 3 is 2.20 bits per heavy atom. The van der Waals surface area contributed by atoms with E-state index in [2.05, 4.69) is 53.3 Å². The third kappa shape index (κ3) is 3.02. The molecule has 130 valence electrons. The highest BCUT2D eigenvalue weighted by atomic mass is 16.4. The topological polar surface area (TPSA) is 37.3 Å². The molecule has 0 saturated heterocycles. The molecule has 0 spiro atoms. The van der Waals surface area contributed by atoms with Crippen LogP contribution >= 0.6 is 0 Å². The van der Waals surface area contributed by atoms with Gasteiger partial charge >= 0.3 is 5.97 Å². The molecule has 1 aromatic carbocycles. The van der Waals surface area contributed by atoms with Gasteiger partial charge in [-0.3, -0.25) is 0 Å². The number of carboxylic acids is 1. The maximum absolute atomic E-state index is 11.0. The lowest BCUT2D eigenvalue weighted by Crippen LogP contribution is -2.29. The van der Waals surface area contributed by atoms with Crippen molar-refractivity contribution in [3.8, 4) is 0 Å². The third-order valence-corrected chi connectivity index (χ3v) is 5.35. The normalized spacial score (nSPS) is 20.7. The van der Waals surface area contributed by atoms with Crippen LogP contribution in [0.1, 0.15) is 57.0 Å². The molecule has 0 aromatic heterocycles. The first kappa shape index (κ1) is 17.5. The minimum absolute atomic E-state index is 0.129. The Kier molecular flexibility index (Phi) is 3.90. The van der Waals surface area contributed by atoms with Gasteiger partial charge in [0.15, 0.2) is 0 Å². The lowest BCUT2D eigenvalue weighted by atomic mass is 9.64. The Morgan fingerprint density at radius 2 is 1.64 bits per heavy atom. The summed E-state index contributed by atoms with van der Waals surface area (Å²) in [6.45, 7) is 15.7. The van der Waals surface area contributed by atoms with Gasteiger partial charge in [0.05, 0.1) is 5.56 Å². The van der Waals surface area contributed by atoms with Crippen molar-refractivity contribution in [2.75, 3.05) is 0 Å². The number of benzene rings is 1. The van der Waals surface area contributed by atoms with Gasteiger partial charge in [-0.1, -0.05) is 52.5 Å². The smallest absolute Gasteiger partial charge is 0.335 e. The largest absolute Gasteiger partial charge is 0.478 e. The van der Waals surface area contributed by atoms with Crippen molar-refractivity contribution in [2.45, 2.75) is 41.0 Å². The zero-order chi connectivity index (χ0) is 18.6. The molecule has 0 saturated carbocycles. The van der Waals surface area contributed by atoms with E-state index in [-0.39, 0.29) is 10.8 Å². The molecule has 0 amide bonds. The molecular formula is C23H26O2. The summed E-state index contributed by atoms with van der Waals surface area (Å²) < 4.78 is 0. The van der Waals surface area contributed by atoms with Crippen LogP contribution in [-0.2, 0) is 0 Å². The number of carboxylic acid groups (broad SMARTS) is 1. The van der Waals surface area contributed by atoms with Gasteiger partial charge in [-0.25, -0.2) is 4.79 Å². The number of hydrogen-bond acceptors (Lipinski definition) is 1. The lowest BCUT2D eigenvalue weighted by Gasteiger charge is -2.40. The molecule has 3 rings (SSSR count). The van der Waals surface area contributed by atoms with Crippen LogP contribution in [0.3, 0.4) is 0 Å². The average Bonchev–Trinajstić information content (AvgIpc) is 2.83. The average molecular weight is 334 g/mol. The van der Waals surface area contributed by atoms with Crippen LogP contribution in [0.15, 0.2) is 65.3 Å².